The van der Waals surface area contributed by atoms with Crippen molar-refractivity contribution < 1.29 is 14.6 Å². The molecule has 2 aromatic carbocycles. The largest absolute Gasteiger partial charge is 0.507 e. The third-order valence-corrected chi connectivity index (χ3v) is 4.39. The van der Waals surface area contributed by atoms with E-state index in [1.807, 2.05) is 24.4 Å². The molecule has 5 heteroatoms. The maximum absolute atomic E-state index is 10.4. The van der Waals surface area contributed by atoms with Crippen molar-refractivity contribution in [2.75, 3.05) is 14.2 Å². The van der Waals surface area contributed by atoms with Crippen LogP contribution in [0.3, 0.4) is 0 Å². The van der Waals surface area contributed by atoms with Gasteiger partial charge in [0, 0.05) is 41.4 Å². The quantitative estimate of drug-likeness (QED) is 0.502. The highest BCUT2D eigenvalue weighted by molar-refractivity contribution is 6.16. The molecule has 0 bridgehead atoms. The van der Waals surface area contributed by atoms with E-state index in [1.165, 1.54) is 6.08 Å². The van der Waals surface area contributed by atoms with Crippen molar-refractivity contribution in [3.63, 3.8) is 0 Å². The van der Waals surface area contributed by atoms with Crippen molar-refractivity contribution in [3.05, 3.63) is 65.9 Å². The number of allylic oxidation sites excluding steroid dienone is 1. The van der Waals surface area contributed by atoms with Gasteiger partial charge in [-0.3, -0.25) is 0 Å². The van der Waals surface area contributed by atoms with Crippen LogP contribution in [0.2, 0.25) is 0 Å². The Hall–Kier alpha value is -3.21. The van der Waals surface area contributed by atoms with E-state index in [-0.39, 0.29) is 11.5 Å². The number of benzene rings is 2. The van der Waals surface area contributed by atoms with E-state index in [2.05, 4.69) is 11.5 Å². The van der Waals surface area contributed by atoms with Gasteiger partial charge in [-0.05, 0) is 43.3 Å². The Morgan fingerprint density at radius 3 is 2.35 bits per heavy atom. The van der Waals surface area contributed by atoms with Gasteiger partial charge in [0.2, 0.25) is 0 Å². The first-order chi connectivity index (χ1) is 12.6. The topological polar surface area (TPSA) is 67.5 Å². The van der Waals surface area contributed by atoms with Gasteiger partial charge in [-0.1, -0.05) is 0 Å². The summed E-state index contributed by atoms with van der Waals surface area (Å²) in [5.74, 6) is 1.54. The predicted molar refractivity (Wildman–Crippen MR) is 105 cm³/mol. The molecule has 0 aliphatic heterocycles. The van der Waals surface area contributed by atoms with Crippen molar-refractivity contribution >= 4 is 22.4 Å². The van der Waals surface area contributed by atoms with Crippen molar-refractivity contribution in [1.29, 1.82) is 5.41 Å². The lowest BCUT2D eigenvalue weighted by Crippen LogP contribution is -1.96. The number of aliphatic hydroxyl groups excluding tert-OH is 1. The summed E-state index contributed by atoms with van der Waals surface area (Å²) in [5, 5.41) is 19.8. The molecule has 2 N–H and O–H groups in total. The number of nitrogens with zero attached hydrogens (tertiary/aromatic N) is 1. The second-order valence-electron chi connectivity index (χ2n) is 5.88. The Kier molecular flexibility index (Phi) is 4.98. The van der Waals surface area contributed by atoms with Gasteiger partial charge in [-0.15, -0.1) is 0 Å². The van der Waals surface area contributed by atoms with Crippen molar-refractivity contribution in [3.8, 4) is 11.5 Å². The minimum atomic E-state index is 0.0450. The molecule has 26 heavy (non-hydrogen) atoms. The molecule has 0 aliphatic carbocycles. The van der Waals surface area contributed by atoms with Gasteiger partial charge in [-0.2, -0.15) is 0 Å². The SMILES string of the molecule is CCn1cc(C(=N)/C=C(\O)c2ccc(OC)cc2)c2ccc(OC)cc21. The van der Waals surface area contributed by atoms with Gasteiger partial charge in [0.05, 0.1) is 25.4 Å². The fraction of sp³-hybridized carbons (Fsp3) is 0.190. The number of aromatic nitrogens is 1. The van der Waals surface area contributed by atoms with E-state index in [0.29, 0.717) is 5.56 Å². The minimum Gasteiger partial charge on any atom is -0.507 e. The molecule has 134 valence electrons. The third-order valence-electron chi connectivity index (χ3n) is 4.39. The zero-order valence-electron chi connectivity index (χ0n) is 15.1. The molecular formula is C21H22N2O3. The maximum atomic E-state index is 10.4. The molecule has 0 saturated heterocycles. The lowest BCUT2D eigenvalue weighted by Gasteiger charge is -2.04. The molecule has 0 spiro atoms. The van der Waals surface area contributed by atoms with Gasteiger partial charge in [0.25, 0.3) is 0 Å². The van der Waals surface area contributed by atoms with Gasteiger partial charge < -0.3 is 24.6 Å². The molecule has 0 amide bonds. The van der Waals surface area contributed by atoms with Crippen LogP contribution in [0.4, 0.5) is 0 Å². The molecule has 0 saturated carbocycles. The first-order valence-corrected chi connectivity index (χ1v) is 8.38. The molecule has 0 unspecified atom stereocenters. The Bertz CT molecular complexity index is 969. The van der Waals surface area contributed by atoms with Crippen LogP contribution in [0.5, 0.6) is 11.5 Å². The van der Waals surface area contributed by atoms with E-state index >= 15 is 0 Å². The monoisotopic (exact) mass is 350 g/mol. The van der Waals surface area contributed by atoms with Crippen LogP contribution < -0.4 is 9.47 Å². The maximum Gasteiger partial charge on any atom is 0.124 e. The normalized spacial score (nSPS) is 11.6. The van der Waals surface area contributed by atoms with Gasteiger partial charge in [-0.25, -0.2) is 0 Å². The standard InChI is InChI=1S/C21H22N2O3/c1-4-23-13-18(17-10-9-16(26-3)11-20(17)23)19(22)12-21(24)14-5-7-15(25-2)8-6-14/h5-13,22,24H,4H2,1-3H3/b21-12-,22-19?. The Morgan fingerprint density at radius 1 is 1.08 bits per heavy atom. The Labute approximate surface area is 152 Å². The van der Waals surface area contributed by atoms with Gasteiger partial charge >= 0.3 is 0 Å². The van der Waals surface area contributed by atoms with E-state index in [9.17, 15) is 5.11 Å². The lowest BCUT2D eigenvalue weighted by molar-refractivity contribution is 0.414. The summed E-state index contributed by atoms with van der Waals surface area (Å²) in [6.45, 7) is 2.84. The second-order valence-corrected chi connectivity index (χ2v) is 5.88. The Morgan fingerprint density at radius 2 is 1.73 bits per heavy atom. The highest BCUT2D eigenvalue weighted by atomic mass is 16.5. The van der Waals surface area contributed by atoms with Crippen molar-refractivity contribution in [2.24, 2.45) is 0 Å². The molecule has 0 radical (unpaired) electrons. The molecule has 5 nitrogen and oxygen atoms in total. The summed E-state index contributed by atoms with van der Waals surface area (Å²) in [4.78, 5) is 0. The van der Waals surface area contributed by atoms with Gasteiger partial charge in [0.15, 0.2) is 0 Å². The summed E-state index contributed by atoms with van der Waals surface area (Å²) < 4.78 is 12.5. The van der Waals surface area contributed by atoms with Crippen LogP contribution in [-0.2, 0) is 6.54 Å². The minimum absolute atomic E-state index is 0.0450. The molecule has 0 atom stereocenters. The number of aliphatic hydroxyl groups is 1. The Balaban J connectivity index is 1.98. The van der Waals surface area contributed by atoms with Crippen LogP contribution in [0.1, 0.15) is 18.1 Å². The fourth-order valence-corrected chi connectivity index (χ4v) is 2.93. The average molecular weight is 350 g/mol. The highest BCUT2D eigenvalue weighted by Crippen LogP contribution is 2.27. The summed E-state index contributed by atoms with van der Waals surface area (Å²) >= 11 is 0. The lowest BCUT2D eigenvalue weighted by atomic mass is 10.1. The van der Waals surface area contributed by atoms with E-state index in [0.717, 1.165) is 34.5 Å². The number of hydrogen-bond donors (Lipinski definition) is 2. The molecule has 3 aromatic rings. The van der Waals surface area contributed by atoms with Gasteiger partial charge in [0.1, 0.15) is 17.3 Å². The van der Waals surface area contributed by atoms with Crippen LogP contribution in [0, 0.1) is 5.41 Å². The van der Waals surface area contributed by atoms with E-state index < -0.39 is 0 Å². The second kappa shape index (κ2) is 7.35. The number of nitrogens with one attached hydrogen (secondary N) is 1. The third kappa shape index (κ3) is 3.28. The van der Waals surface area contributed by atoms with Crippen molar-refractivity contribution in [1.82, 2.24) is 4.57 Å². The smallest absolute Gasteiger partial charge is 0.124 e. The number of hydrogen-bond acceptors (Lipinski definition) is 4. The molecule has 1 aromatic heterocycles. The number of ether oxygens (including phenoxy) is 2. The number of fused-ring (bicyclic) bond motifs is 1. The first-order valence-electron chi connectivity index (χ1n) is 8.38. The molecule has 3 rings (SSSR count). The molecular weight excluding hydrogens is 328 g/mol. The zero-order valence-corrected chi connectivity index (χ0v) is 15.1. The van der Waals surface area contributed by atoms with E-state index in [4.69, 9.17) is 14.9 Å². The number of aryl methyl sites for hydroxylation is 1. The summed E-state index contributed by atoms with van der Waals surface area (Å²) in [6, 6.07) is 12.9. The number of methoxy groups -OCH3 is 2. The average Bonchev–Trinajstić information content (AvgIpc) is 3.05. The van der Waals surface area contributed by atoms with Crippen LogP contribution in [-0.4, -0.2) is 29.6 Å². The summed E-state index contributed by atoms with van der Waals surface area (Å²) in [7, 11) is 3.23. The van der Waals surface area contributed by atoms with Crippen molar-refractivity contribution in [2.45, 2.75) is 13.5 Å². The van der Waals surface area contributed by atoms with Crippen LogP contribution in [0.15, 0.2) is 54.7 Å². The highest BCUT2D eigenvalue weighted by Gasteiger charge is 2.13. The van der Waals surface area contributed by atoms with Crippen LogP contribution >= 0.6 is 0 Å². The summed E-state index contributed by atoms with van der Waals surface area (Å²) in [6.07, 6.45) is 3.41. The zero-order chi connectivity index (χ0) is 18.7. The summed E-state index contributed by atoms with van der Waals surface area (Å²) in [5.41, 5.74) is 2.66. The van der Waals surface area contributed by atoms with Crippen LogP contribution in [0.25, 0.3) is 16.7 Å². The fourth-order valence-electron chi connectivity index (χ4n) is 2.93. The predicted octanol–water partition coefficient (Wildman–Crippen LogP) is 4.65. The molecule has 0 fully saturated rings. The number of rotatable bonds is 6. The first kappa shape index (κ1) is 17.6. The molecule has 1 heterocycles. The van der Waals surface area contributed by atoms with E-state index in [1.54, 1.807) is 38.5 Å². The molecule has 0 aliphatic rings.